The largest absolute Gasteiger partial charge is 0.377 e. The molecule has 2 unspecified atom stereocenters. The van der Waals surface area contributed by atoms with E-state index in [1.807, 2.05) is 4.90 Å². The zero-order valence-corrected chi connectivity index (χ0v) is 11.8. The van der Waals surface area contributed by atoms with Crippen molar-refractivity contribution in [3.8, 4) is 0 Å². The zero-order chi connectivity index (χ0) is 12.3. The van der Waals surface area contributed by atoms with E-state index in [2.05, 4.69) is 34.6 Å². The molecule has 0 spiro atoms. The van der Waals surface area contributed by atoms with Crippen molar-refractivity contribution in [2.24, 2.45) is 0 Å². The van der Waals surface area contributed by atoms with E-state index >= 15 is 0 Å². The number of thioether (sulfide) groups is 1. The van der Waals surface area contributed by atoms with Gasteiger partial charge in [0.1, 0.15) is 0 Å². The van der Waals surface area contributed by atoms with Gasteiger partial charge < -0.3 is 9.64 Å². The number of amides is 1. The normalized spacial score (nSPS) is 26.9. The van der Waals surface area contributed by atoms with Crippen molar-refractivity contribution in [1.29, 1.82) is 0 Å². The average Bonchev–Trinajstić information content (AvgIpc) is 2.13. The van der Waals surface area contributed by atoms with Crippen LogP contribution in [0.3, 0.4) is 0 Å². The lowest BCUT2D eigenvalue weighted by molar-refractivity contribution is -0.141. The van der Waals surface area contributed by atoms with E-state index in [0.717, 1.165) is 0 Å². The summed E-state index contributed by atoms with van der Waals surface area (Å²) < 4.78 is 5.57. The Morgan fingerprint density at radius 1 is 1.31 bits per heavy atom. The fraction of sp³-hybridized carbons (Fsp3) is 0.917. The first-order valence-electron chi connectivity index (χ1n) is 5.84. The van der Waals surface area contributed by atoms with Crippen molar-refractivity contribution in [2.75, 3.05) is 19.0 Å². The second-order valence-electron chi connectivity index (χ2n) is 5.44. The highest BCUT2D eigenvalue weighted by atomic mass is 32.2. The van der Waals surface area contributed by atoms with E-state index in [4.69, 9.17) is 4.74 Å². The molecule has 1 heterocycles. The van der Waals surface area contributed by atoms with Gasteiger partial charge in [0, 0.05) is 4.75 Å². The molecule has 0 aromatic heterocycles. The predicted octanol–water partition coefficient (Wildman–Crippen LogP) is 2.15. The summed E-state index contributed by atoms with van der Waals surface area (Å²) in [5, 5.41) is 0. The molecule has 4 heteroatoms. The molecule has 3 nitrogen and oxygen atoms in total. The maximum absolute atomic E-state index is 12.1. The lowest BCUT2D eigenvalue weighted by atomic mass is 10.2. The van der Waals surface area contributed by atoms with E-state index in [0.29, 0.717) is 19.0 Å². The number of morpholine rings is 1. The molecule has 1 fully saturated rings. The van der Waals surface area contributed by atoms with E-state index in [1.54, 1.807) is 11.8 Å². The van der Waals surface area contributed by atoms with Crippen LogP contribution in [-0.2, 0) is 9.53 Å². The van der Waals surface area contributed by atoms with Crippen LogP contribution in [0.2, 0.25) is 0 Å². The molecular weight excluding hydrogens is 222 g/mol. The van der Waals surface area contributed by atoms with E-state index in [-0.39, 0.29) is 22.7 Å². The highest BCUT2D eigenvalue weighted by molar-refractivity contribution is 8.01. The molecule has 2 atom stereocenters. The summed E-state index contributed by atoms with van der Waals surface area (Å²) in [6, 6.07) is 0.411. The zero-order valence-electron chi connectivity index (χ0n) is 10.9. The fourth-order valence-corrected chi connectivity index (χ4v) is 2.55. The molecule has 94 valence electrons. The third kappa shape index (κ3) is 3.98. The smallest absolute Gasteiger partial charge is 0.233 e. The second-order valence-corrected chi connectivity index (χ2v) is 7.24. The summed E-state index contributed by atoms with van der Waals surface area (Å²) >= 11 is 1.71. The number of hydrogen-bond acceptors (Lipinski definition) is 3. The summed E-state index contributed by atoms with van der Waals surface area (Å²) in [5.74, 6) is 0.807. The van der Waals surface area contributed by atoms with E-state index in [1.165, 1.54) is 0 Å². The van der Waals surface area contributed by atoms with E-state index < -0.39 is 0 Å². The Kier molecular flexibility index (Phi) is 4.68. The van der Waals surface area contributed by atoms with Gasteiger partial charge in [0.2, 0.25) is 5.91 Å². The maximum Gasteiger partial charge on any atom is 0.233 e. The Hall–Kier alpha value is -0.220. The van der Waals surface area contributed by atoms with Gasteiger partial charge in [0.15, 0.2) is 0 Å². The Morgan fingerprint density at radius 3 is 2.25 bits per heavy atom. The predicted molar refractivity (Wildman–Crippen MR) is 68.8 cm³/mol. The van der Waals surface area contributed by atoms with Gasteiger partial charge in [0.25, 0.3) is 0 Å². The second kappa shape index (κ2) is 5.41. The molecule has 0 radical (unpaired) electrons. The first-order valence-corrected chi connectivity index (χ1v) is 6.82. The van der Waals surface area contributed by atoms with Gasteiger partial charge in [-0.2, -0.15) is 0 Å². The van der Waals surface area contributed by atoms with Crippen LogP contribution in [0.4, 0.5) is 0 Å². The average molecular weight is 245 g/mol. The van der Waals surface area contributed by atoms with Gasteiger partial charge in [-0.15, -0.1) is 11.8 Å². The number of carbonyl (C=O) groups excluding carboxylic acids is 1. The van der Waals surface area contributed by atoms with Crippen molar-refractivity contribution in [1.82, 2.24) is 4.90 Å². The third-order valence-electron chi connectivity index (χ3n) is 2.58. The van der Waals surface area contributed by atoms with Gasteiger partial charge in [-0.1, -0.05) is 20.8 Å². The monoisotopic (exact) mass is 245 g/mol. The molecule has 1 amide bonds. The number of nitrogens with zero attached hydrogens (tertiary/aromatic N) is 1. The standard InChI is InChI=1S/C12H23NO2S/c1-9-6-15-7-10(2)13(9)11(14)8-16-12(3,4)5/h9-10H,6-8H2,1-5H3. The summed E-state index contributed by atoms with van der Waals surface area (Å²) in [6.07, 6.45) is 0. The molecule has 0 bridgehead atoms. The van der Waals surface area contributed by atoms with Gasteiger partial charge in [-0.05, 0) is 13.8 Å². The number of hydrogen-bond donors (Lipinski definition) is 0. The minimum atomic E-state index is 0.147. The first kappa shape index (κ1) is 13.8. The Labute approximate surface area is 103 Å². The Morgan fingerprint density at radius 2 is 1.81 bits per heavy atom. The summed E-state index contributed by atoms with van der Waals surface area (Å²) in [7, 11) is 0. The molecule has 0 aromatic carbocycles. The number of rotatable bonds is 2. The molecule has 0 aliphatic carbocycles. The van der Waals surface area contributed by atoms with Crippen LogP contribution < -0.4 is 0 Å². The molecule has 1 aliphatic rings. The van der Waals surface area contributed by atoms with Crippen LogP contribution in [-0.4, -0.2) is 46.6 Å². The highest BCUT2D eigenvalue weighted by Gasteiger charge is 2.30. The SMILES string of the molecule is CC1COCC(C)N1C(=O)CSC(C)(C)C. The van der Waals surface area contributed by atoms with Crippen LogP contribution >= 0.6 is 11.8 Å². The Bertz CT molecular complexity index is 240. The molecule has 0 N–H and O–H groups in total. The first-order chi connectivity index (χ1) is 7.31. The molecule has 1 rings (SSSR count). The number of ether oxygens (including phenoxy) is 1. The van der Waals surface area contributed by atoms with Crippen molar-refractivity contribution < 1.29 is 9.53 Å². The lowest BCUT2D eigenvalue weighted by Crippen LogP contribution is -2.53. The van der Waals surface area contributed by atoms with Crippen molar-refractivity contribution in [2.45, 2.75) is 51.4 Å². The maximum atomic E-state index is 12.1. The van der Waals surface area contributed by atoms with Crippen LogP contribution in [0, 0.1) is 0 Å². The summed E-state index contributed by atoms with van der Waals surface area (Å²) in [4.78, 5) is 14.1. The molecular formula is C12H23NO2S. The van der Waals surface area contributed by atoms with Crippen LogP contribution in [0.1, 0.15) is 34.6 Å². The van der Waals surface area contributed by atoms with Crippen molar-refractivity contribution in [3.63, 3.8) is 0 Å². The minimum absolute atomic E-state index is 0.147. The minimum Gasteiger partial charge on any atom is -0.377 e. The van der Waals surface area contributed by atoms with Crippen molar-refractivity contribution in [3.05, 3.63) is 0 Å². The van der Waals surface area contributed by atoms with Crippen LogP contribution in [0.25, 0.3) is 0 Å². The summed E-state index contributed by atoms with van der Waals surface area (Å²) in [5.41, 5.74) is 0. The van der Waals surface area contributed by atoms with Gasteiger partial charge in [-0.25, -0.2) is 0 Å². The summed E-state index contributed by atoms with van der Waals surface area (Å²) in [6.45, 7) is 11.8. The van der Waals surface area contributed by atoms with Gasteiger partial charge in [0.05, 0.1) is 31.1 Å². The molecule has 1 saturated heterocycles. The van der Waals surface area contributed by atoms with Gasteiger partial charge in [-0.3, -0.25) is 4.79 Å². The topological polar surface area (TPSA) is 29.5 Å². The quantitative estimate of drug-likeness (QED) is 0.746. The van der Waals surface area contributed by atoms with Gasteiger partial charge >= 0.3 is 0 Å². The number of carbonyl (C=O) groups is 1. The highest BCUT2D eigenvalue weighted by Crippen LogP contribution is 2.24. The van der Waals surface area contributed by atoms with E-state index in [9.17, 15) is 4.79 Å². The Balaban J connectivity index is 2.51. The molecule has 0 aromatic rings. The third-order valence-corrected chi connectivity index (χ3v) is 3.84. The van der Waals surface area contributed by atoms with Crippen LogP contribution in [0.5, 0.6) is 0 Å². The van der Waals surface area contributed by atoms with Crippen LogP contribution in [0.15, 0.2) is 0 Å². The molecule has 16 heavy (non-hydrogen) atoms. The van der Waals surface area contributed by atoms with Crippen molar-refractivity contribution >= 4 is 17.7 Å². The lowest BCUT2D eigenvalue weighted by Gasteiger charge is -2.39. The molecule has 1 aliphatic heterocycles. The fourth-order valence-electron chi connectivity index (χ4n) is 1.85. The molecule has 0 saturated carbocycles.